The van der Waals surface area contributed by atoms with Crippen LogP contribution in [0.4, 0.5) is 4.79 Å². The molecule has 1 saturated heterocycles. The fourth-order valence-corrected chi connectivity index (χ4v) is 5.31. The summed E-state index contributed by atoms with van der Waals surface area (Å²) in [7, 11) is 0. The highest BCUT2D eigenvalue weighted by atomic mass is 16.6. The molecule has 2 amide bonds. The molecule has 244 valence electrons. The van der Waals surface area contributed by atoms with Crippen molar-refractivity contribution >= 4 is 36.3 Å². The molecule has 0 saturated carbocycles. The average Bonchev–Trinajstić information content (AvgIpc) is 3.85. The maximum Gasteiger partial charge on any atom is 0.417 e. The van der Waals surface area contributed by atoms with Gasteiger partial charge in [0.25, 0.3) is 5.91 Å². The number of hydrogen-bond donors (Lipinski definition) is 0. The van der Waals surface area contributed by atoms with Crippen LogP contribution in [0.15, 0.2) is 106 Å². The molecule has 1 fully saturated rings. The van der Waals surface area contributed by atoms with E-state index in [2.05, 4.69) is 22.1 Å². The topological polar surface area (TPSA) is 108 Å². The average molecular weight is 644 g/mol. The Hall–Kier alpha value is -5.70. The third-order valence-electron chi connectivity index (χ3n) is 7.89. The van der Waals surface area contributed by atoms with Crippen LogP contribution < -0.4 is 4.74 Å². The molecule has 3 heterocycles. The van der Waals surface area contributed by atoms with Gasteiger partial charge in [0, 0.05) is 12.2 Å². The van der Waals surface area contributed by atoms with Crippen LogP contribution in [-0.4, -0.2) is 33.0 Å². The molecule has 1 aliphatic rings. The Kier molecular flexibility index (Phi) is 10.9. The molecule has 9 nitrogen and oxygen atoms in total. The maximum atomic E-state index is 12.9. The van der Waals surface area contributed by atoms with Crippen molar-refractivity contribution in [2.45, 2.75) is 57.8 Å². The van der Waals surface area contributed by atoms with Gasteiger partial charge in [0.05, 0.1) is 12.2 Å². The van der Waals surface area contributed by atoms with Gasteiger partial charge in [-0.2, -0.15) is 0 Å². The van der Waals surface area contributed by atoms with E-state index >= 15 is 0 Å². The normalized spacial score (nSPS) is 14.8. The molecule has 5 aromatic rings. The van der Waals surface area contributed by atoms with Gasteiger partial charge in [-0.15, -0.1) is 0 Å². The molecule has 2 aromatic heterocycles. The molecular weight excluding hydrogens is 606 g/mol. The second-order valence-electron chi connectivity index (χ2n) is 11.5. The summed E-state index contributed by atoms with van der Waals surface area (Å²) >= 11 is 0. The van der Waals surface area contributed by atoms with E-state index in [0.29, 0.717) is 30.5 Å². The van der Waals surface area contributed by atoms with E-state index in [1.54, 1.807) is 12.3 Å². The van der Waals surface area contributed by atoms with Gasteiger partial charge in [-0.3, -0.25) is 4.79 Å². The second-order valence-corrected chi connectivity index (χ2v) is 11.5. The molecule has 1 unspecified atom stereocenters. The van der Waals surface area contributed by atoms with Crippen LogP contribution in [0.25, 0.3) is 24.3 Å². The number of benzene rings is 3. The summed E-state index contributed by atoms with van der Waals surface area (Å²) in [6.45, 7) is 0.348. The molecule has 0 N–H and O–H groups in total. The summed E-state index contributed by atoms with van der Waals surface area (Å²) in [5.74, 6) is 1.39. The lowest BCUT2D eigenvalue weighted by Crippen LogP contribution is -2.31. The largest absolute Gasteiger partial charge is 0.487 e. The van der Waals surface area contributed by atoms with Crippen LogP contribution in [0.3, 0.4) is 0 Å². The lowest BCUT2D eigenvalue weighted by Gasteiger charge is -2.09. The van der Waals surface area contributed by atoms with E-state index in [9.17, 15) is 9.59 Å². The third-order valence-corrected chi connectivity index (χ3v) is 7.89. The summed E-state index contributed by atoms with van der Waals surface area (Å²) in [5, 5.41) is 0. The van der Waals surface area contributed by atoms with E-state index in [4.69, 9.17) is 18.3 Å². The van der Waals surface area contributed by atoms with Crippen molar-refractivity contribution in [3.05, 3.63) is 137 Å². The van der Waals surface area contributed by atoms with Crippen LogP contribution in [0.5, 0.6) is 5.75 Å². The summed E-state index contributed by atoms with van der Waals surface area (Å²) in [6.07, 6.45) is 14.4. The minimum Gasteiger partial charge on any atom is -0.487 e. The molecule has 0 radical (unpaired) electrons. The van der Waals surface area contributed by atoms with Crippen molar-refractivity contribution in [3.63, 3.8) is 0 Å². The first-order valence-electron chi connectivity index (χ1n) is 16.2. The van der Waals surface area contributed by atoms with Gasteiger partial charge in [-0.05, 0) is 66.7 Å². The Bertz CT molecular complexity index is 1830. The standard InChI is InChI=1S/C39H37N3O6/c43-38-35(48-39(44)42(38)25-32-26-46-36(40-32)23-19-29-11-6-3-7-12-29)16-10-2-1-5-15-31-17-21-34(22-18-31)45-27-33-28-47-37(41-33)24-20-30-13-8-4-9-14-30/h3-4,6-9,11-14,17-24,26,28,35H,1-2,5,10,15-16,25,27H2/b23-19+,24-20+. The van der Waals surface area contributed by atoms with Crippen molar-refractivity contribution < 1.29 is 27.9 Å². The monoisotopic (exact) mass is 643 g/mol. The predicted octanol–water partition coefficient (Wildman–Crippen LogP) is 8.62. The Labute approximate surface area is 279 Å². The van der Waals surface area contributed by atoms with Crippen LogP contribution in [0, 0.1) is 0 Å². The number of ether oxygens (including phenoxy) is 2. The molecule has 6 rings (SSSR count). The van der Waals surface area contributed by atoms with Crippen molar-refractivity contribution in [1.82, 2.24) is 14.9 Å². The number of unbranched alkanes of at least 4 members (excludes halogenated alkanes) is 3. The lowest BCUT2D eigenvalue weighted by atomic mass is 10.0. The molecule has 3 aromatic carbocycles. The molecule has 1 atom stereocenters. The van der Waals surface area contributed by atoms with Crippen molar-refractivity contribution in [2.24, 2.45) is 0 Å². The van der Waals surface area contributed by atoms with Gasteiger partial charge in [0.2, 0.25) is 11.8 Å². The highest BCUT2D eigenvalue weighted by Gasteiger charge is 2.40. The van der Waals surface area contributed by atoms with Gasteiger partial charge in [-0.1, -0.05) is 85.6 Å². The Balaban J connectivity index is 0.854. The van der Waals surface area contributed by atoms with Gasteiger partial charge in [0.15, 0.2) is 6.10 Å². The number of carbonyl (C=O) groups is 2. The highest BCUT2D eigenvalue weighted by Crippen LogP contribution is 2.22. The lowest BCUT2D eigenvalue weighted by molar-refractivity contribution is -0.130. The van der Waals surface area contributed by atoms with Crippen LogP contribution >= 0.6 is 0 Å². The molecule has 48 heavy (non-hydrogen) atoms. The van der Waals surface area contributed by atoms with Gasteiger partial charge in [0.1, 0.15) is 30.6 Å². The number of hydrogen-bond acceptors (Lipinski definition) is 8. The fourth-order valence-electron chi connectivity index (χ4n) is 5.31. The number of aromatic nitrogens is 2. The van der Waals surface area contributed by atoms with Gasteiger partial charge >= 0.3 is 6.09 Å². The minimum atomic E-state index is -0.746. The number of oxazole rings is 2. The van der Waals surface area contributed by atoms with Crippen molar-refractivity contribution in [2.75, 3.05) is 0 Å². The maximum absolute atomic E-state index is 12.9. The van der Waals surface area contributed by atoms with Crippen molar-refractivity contribution in [3.8, 4) is 5.75 Å². The summed E-state index contributed by atoms with van der Waals surface area (Å²) in [4.78, 5) is 35.2. The number of cyclic esters (lactones) is 1. The quantitative estimate of drug-likeness (QED) is 0.0984. The zero-order chi connectivity index (χ0) is 33.0. The summed E-state index contributed by atoms with van der Waals surface area (Å²) < 4.78 is 22.3. The van der Waals surface area contributed by atoms with Gasteiger partial charge in [-0.25, -0.2) is 19.7 Å². The van der Waals surface area contributed by atoms with E-state index in [0.717, 1.165) is 59.6 Å². The number of amides is 2. The summed E-state index contributed by atoms with van der Waals surface area (Å²) in [6, 6.07) is 27.9. The Morgan fingerprint density at radius 3 is 1.96 bits per heavy atom. The Morgan fingerprint density at radius 1 is 0.688 bits per heavy atom. The fraction of sp³-hybridized carbons (Fsp3) is 0.231. The molecule has 1 aliphatic heterocycles. The third kappa shape index (κ3) is 9.19. The first kappa shape index (κ1) is 32.2. The second kappa shape index (κ2) is 16.2. The molecule has 0 bridgehead atoms. The minimum absolute atomic E-state index is 0.0224. The molecular formula is C39H37N3O6. The van der Waals surface area contributed by atoms with Crippen LogP contribution in [-0.2, 0) is 29.1 Å². The molecule has 9 heteroatoms. The number of imide groups is 1. The number of carbonyl (C=O) groups excluding carboxylic acids is 2. The molecule has 0 aliphatic carbocycles. The smallest absolute Gasteiger partial charge is 0.417 e. The predicted molar refractivity (Wildman–Crippen MR) is 182 cm³/mol. The van der Waals surface area contributed by atoms with Crippen LogP contribution in [0.2, 0.25) is 0 Å². The SMILES string of the molecule is O=C1OC(CCCCCCc2ccc(OCc3coc(/C=C/c4ccccc4)n3)cc2)C(=O)N1Cc1coc(/C=C/c2ccccc2)n1. The first-order chi connectivity index (χ1) is 23.6. The summed E-state index contributed by atoms with van der Waals surface area (Å²) in [5.41, 5.74) is 4.55. The molecule has 0 spiro atoms. The first-order valence-corrected chi connectivity index (χ1v) is 16.2. The van der Waals surface area contributed by atoms with Gasteiger partial charge < -0.3 is 18.3 Å². The van der Waals surface area contributed by atoms with Crippen molar-refractivity contribution in [1.29, 1.82) is 0 Å². The van der Waals surface area contributed by atoms with Crippen LogP contribution in [0.1, 0.15) is 72.0 Å². The van der Waals surface area contributed by atoms with E-state index in [-0.39, 0.29) is 12.5 Å². The number of nitrogens with zero attached hydrogens (tertiary/aromatic N) is 3. The van der Waals surface area contributed by atoms with E-state index < -0.39 is 12.2 Å². The number of aryl methyl sites for hydroxylation is 1. The zero-order valence-electron chi connectivity index (χ0n) is 26.6. The van der Waals surface area contributed by atoms with E-state index in [1.165, 1.54) is 11.8 Å². The zero-order valence-corrected chi connectivity index (χ0v) is 26.6. The Morgan fingerprint density at radius 2 is 1.29 bits per heavy atom. The van der Waals surface area contributed by atoms with E-state index in [1.807, 2.05) is 91.0 Å². The number of rotatable bonds is 16. The highest BCUT2D eigenvalue weighted by molar-refractivity contribution is 5.99.